The molecule has 4 nitrogen and oxygen atoms in total. The number of nitrogens with one attached hydrogen (secondary N) is 1. The van der Waals surface area contributed by atoms with Crippen molar-refractivity contribution in [1.82, 2.24) is 9.97 Å². The molecule has 1 aromatic rings. The molecule has 1 aliphatic heterocycles. The van der Waals surface area contributed by atoms with Gasteiger partial charge in [-0.3, -0.25) is 0 Å². The number of thioether (sulfide) groups is 1. The molecule has 5 heteroatoms. The Balaban J connectivity index is 2.12. The standard InChI is InChI=1S/C10H16N4S/c1-11-9-7-10(13-8-12-9)14-3-2-5-15-6-4-14/h7-8H,2-6H2,1H3,(H,11,12,13). The van der Waals surface area contributed by atoms with E-state index in [2.05, 4.69) is 20.2 Å². The predicted molar refractivity (Wildman–Crippen MR) is 65.7 cm³/mol. The third-order valence-corrected chi connectivity index (χ3v) is 3.50. The van der Waals surface area contributed by atoms with Crippen LogP contribution < -0.4 is 10.2 Å². The molecular formula is C10H16N4S. The van der Waals surface area contributed by atoms with Gasteiger partial charge in [-0.2, -0.15) is 11.8 Å². The summed E-state index contributed by atoms with van der Waals surface area (Å²) in [6, 6.07) is 2.01. The van der Waals surface area contributed by atoms with Gasteiger partial charge in [0.2, 0.25) is 0 Å². The van der Waals surface area contributed by atoms with Crippen LogP contribution in [-0.4, -0.2) is 41.6 Å². The first-order chi connectivity index (χ1) is 7.40. The molecule has 0 atom stereocenters. The van der Waals surface area contributed by atoms with Crippen molar-refractivity contribution in [2.45, 2.75) is 6.42 Å². The van der Waals surface area contributed by atoms with Gasteiger partial charge in [-0.15, -0.1) is 0 Å². The van der Waals surface area contributed by atoms with Crippen LogP contribution in [0.25, 0.3) is 0 Å². The van der Waals surface area contributed by atoms with Gasteiger partial charge in [0, 0.05) is 32.0 Å². The minimum absolute atomic E-state index is 0.886. The summed E-state index contributed by atoms with van der Waals surface area (Å²) in [5, 5.41) is 3.04. The molecule has 0 amide bonds. The summed E-state index contributed by atoms with van der Waals surface area (Å²) in [5.41, 5.74) is 0. The van der Waals surface area contributed by atoms with Crippen LogP contribution in [0.3, 0.4) is 0 Å². The van der Waals surface area contributed by atoms with Gasteiger partial charge in [-0.25, -0.2) is 9.97 Å². The zero-order valence-electron chi connectivity index (χ0n) is 8.94. The highest BCUT2D eigenvalue weighted by Gasteiger charge is 2.11. The van der Waals surface area contributed by atoms with E-state index in [0.29, 0.717) is 0 Å². The Bertz CT molecular complexity index is 310. The molecular weight excluding hydrogens is 208 g/mol. The van der Waals surface area contributed by atoms with Crippen LogP contribution >= 0.6 is 11.8 Å². The van der Waals surface area contributed by atoms with E-state index in [1.54, 1.807) is 6.33 Å². The lowest BCUT2D eigenvalue weighted by atomic mass is 10.4. The van der Waals surface area contributed by atoms with Crippen molar-refractivity contribution in [3.8, 4) is 0 Å². The molecule has 2 rings (SSSR count). The van der Waals surface area contributed by atoms with Crippen LogP contribution in [0.4, 0.5) is 11.6 Å². The molecule has 1 aromatic heterocycles. The molecule has 0 saturated carbocycles. The zero-order chi connectivity index (χ0) is 10.5. The van der Waals surface area contributed by atoms with E-state index in [1.165, 1.54) is 17.9 Å². The fourth-order valence-electron chi connectivity index (χ4n) is 1.63. The normalized spacial score (nSPS) is 17.3. The molecule has 1 fully saturated rings. The SMILES string of the molecule is CNc1cc(N2CCCSCC2)ncn1. The van der Waals surface area contributed by atoms with Gasteiger partial charge in [-0.05, 0) is 12.2 Å². The molecule has 2 heterocycles. The molecule has 0 aliphatic carbocycles. The molecule has 1 N–H and O–H groups in total. The lowest BCUT2D eigenvalue weighted by molar-refractivity contribution is 0.799. The second kappa shape index (κ2) is 5.21. The Hall–Kier alpha value is -0.970. The first-order valence-corrected chi connectivity index (χ1v) is 6.38. The molecule has 1 aliphatic rings. The molecule has 0 radical (unpaired) electrons. The summed E-state index contributed by atoms with van der Waals surface area (Å²) in [6.07, 6.45) is 2.86. The van der Waals surface area contributed by atoms with Crippen molar-refractivity contribution >= 4 is 23.4 Å². The van der Waals surface area contributed by atoms with Crippen LogP contribution in [0, 0.1) is 0 Å². The van der Waals surface area contributed by atoms with E-state index in [9.17, 15) is 0 Å². The Morgan fingerprint density at radius 2 is 2.27 bits per heavy atom. The monoisotopic (exact) mass is 224 g/mol. The number of rotatable bonds is 2. The lowest BCUT2D eigenvalue weighted by Crippen LogP contribution is -2.26. The summed E-state index contributed by atoms with van der Waals surface area (Å²) >= 11 is 2.02. The Morgan fingerprint density at radius 3 is 3.13 bits per heavy atom. The van der Waals surface area contributed by atoms with Gasteiger partial charge < -0.3 is 10.2 Å². The topological polar surface area (TPSA) is 41.0 Å². The molecule has 82 valence electrons. The maximum Gasteiger partial charge on any atom is 0.134 e. The molecule has 1 saturated heterocycles. The summed E-state index contributed by atoms with van der Waals surface area (Å²) in [7, 11) is 1.88. The number of hydrogen-bond acceptors (Lipinski definition) is 5. The van der Waals surface area contributed by atoms with E-state index in [0.717, 1.165) is 24.7 Å². The van der Waals surface area contributed by atoms with Crippen molar-refractivity contribution in [1.29, 1.82) is 0 Å². The second-order valence-electron chi connectivity index (χ2n) is 3.46. The maximum atomic E-state index is 4.32. The minimum atomic E-state index is 0.886. The van der Waals surface area contributed by atoms with Gasteiger partial charge in [0.25, 0.3) is 0 Å². The van der Waals surface area contributed by atoms with Gasteiger partial charge in [0.15, 0.2) is 0 Å². The van der Waals surface area contributed by atoms with Crippen molar-refractivity contribution in [2.24, 2.45) is 0 Å². The third kappa shape index (κ3) is 2.75. The van der Waals surface area contributed by atoms with E-state index < -0.39 is 0 Å². The summed E-state index contributed by atoms with van der Waals surface area (Å²) in [5.74, 6) is 4.38. The van der Waals surface area contributed by atoms with E-state index >= 15 is 0 Å². The lowest BCUT2D eigenvalue weighted by Gasteiger charge is -2.20. The highest BCUT2D eigenvalue weighted by Crippen LogP contribution is 2.18. The van der Waals surface area contributed by atoms with Gasteiger partial charge >= 0.3 is 0 Å². The molecule has 0 spiro atoms. The number of anilines is 2. The smallest absolute Gasteiger partial charge is 0.134 e. The Labute approximate surface area is 94.5 Å². The zero-order valence-corrected chi connectivity index (χ0v) is 9.76. The first-order valence-electron chi connectivity index (χ1n) is 5.22. The Morgan fingerprint density at radius 1 is 1.33 bits per heavy atom. The highest BCUT2D eigenvalue weighted by atomic mass is 32.2. The van der Waals surface area contributed by atoms with Gasteiger partial charge in [0.05, 0.1) is 0 Å². The maximum absolute atomic E-state index is 4.32. The number of aromatic nitrogens is 2. The van der Waals surface area contributed by atoms with Gasteiger partial charge in [-0.1, -0.05) is 0 Å². The second-order valence-corrected chi connectivity index (χ2v) is 4.69. The average Bonchev–Trinajstić information content (AvgIpc) is 2.58. The quantitative estimate of drug-likeness (QED) is 0.823. The van der Waals surface area contributed by atoms with E-state index in [-0.39, 0.29) is 0 Å². The van der Waals surface area contributed by atoms with Crippen LogP contribution in [0.1, 0.15) is 6.42 Å². The first kappa shape index (κ1) is 10.5. The summed E-state index contributed by atoms with van der Waals surface area (Å²) < 4.78 is 0. The van der Waals surface area contributed by atoms with E-state index in [1.807, 2.05) is 24.9 Å². The summed E-state index contributed by atoms with van der Waals surface area (Å²) in [6.45, 7) is 2.19. The largest absolute Gasteiger partial charge is 0.373 e. The fourth-order valence-corrected chi connectivity index (χ4v) is 2.52. The van der Waals surface area contributed by atoms with Crippen LogP contribution in [0.2, 0.25) is 0 Å². The number of hydrogen-bond donors (Lipinski definition) is 1. The van der Waals surface area contributed by atoms with Crippen molar-refractivity contribution in [3.05, 3.63) is 12.4 Å². The molecule has 15 heavy (non-hydrogen) atoms. The molecule has 0 unspecified atom stereocenters. The van der Waals surface area contributed by atoms with Crippen LogP contribution in [0.15, 0.2) is 12.4 Å². The number of nitrogens with zero attached hydrogens (tertiary/aromatic N) is 3. The van der Waals surface area contributed by atoms with Crippen molar-refractivity contribution < 1.29 is 0 Å². The van der Waals surface area contributed by atoms with Crippen molar-refractivity contribution in [3.63, 3.8) is 0 Å². The highest BCUT2D eigenvalue weighted by molar-refractivity contribution is 7.99. The third-order valence-electron chi connectivity index (χ3n) is 2.46. The minimum Gasteiger partial charge on any atom is -0.373 e. The Kier molecular flexibility index (Phi) is 3.66. The van der Waals surface area contributed by atoms with E-state index in [4.69, 9.17) is 0 Å². The predicted octanol–water partition coefficient (Wildman–Crippen LogP) is 1.46. The van der Waals surface area contributed by atoms with Crippen molar-refractivity contribution in [2.75, 3.05) is 41.9 Å². The average molecular weight is 224 g/mol. The molecule has 0 bridgehead atoms. The molecule has 0 aromatic carbocycles. The fraction of sp³-hybridized carbons (Fsp3) is 0.600. The van der Waals surface area contributed by atoms with Gasteiger partial charge in [0.1, 0.15) is 18.0 Å². The summed E-state index contributed by atoms with van der Waals surface area (Å²) in [4.78, 5) is 10.8. The van der Waals surface area contributed by atoms with Crippen LogP contribution in [0.5, 0.6) is 0 Å². The van der Waals surface area contributed by atoms with Crippen LogP contribution in [-0.2, 0) is 0 Å².